The second kappa shape index (κ2) is 19.2. The van der Waals surface area contributed by atoms with Crippen molar-refractivity contribution in [2.75, 3.05) is 78.5 Å². The van der Waals surface area contributed by atoms with Crippen LogP contribution in [0, 0.1) is 17.7 Å². The second-order valence-electron chi connectivity index (χ2n) is 18.1. The van der Waals surface area contributed by atoms with Gasteiger partial charge in [0.25, 0.3) is 11.5 Å². The van der Waals surface area contributed by atoms with E-state index in [1.54, 1.807) is 34.1 Å². The molecular formula is C45H61FN8O6. The zero-order valence-electron chi connectivity index (χ0n) is 35.4. The van der Waals surface area contributed by atoms with Crippen LogP contribution in [0.25, 0.3) is 10.8 Å². The van der Waals surface area contributed by atoms with Gasteiger partial charge < -0.3 is 24.8 Å². The van der Waals surface area contributed by atoms with Crippen LogP contribution < -0.4 is 10.9 Å². The molecule has 3 aromatic rings. The standard InChI is InChI=1S/C45H61FN8O6/c1-45(2,3)60-44(59)47-40(33-9-5-4-6-10-33)43(58)54-21-19-51(20-22-54)29-31-15-17-50(18-16-31)30-39(55)52-23-25-53(26-24-52)42(57)36-27-32(13-14-37(36)46)28-38-34-11-7-8-12-35(34)41(56)49-48-38/h7-8,11-14,27,31,33,40H,4-6,9-10,15-26,28-30H2,1-3H3,(H,47,59)(H,49,56). The van der Waals surface area contributed by atoms with Gasteiger partial charge in [0.2, 0.25) is 11.8 Å². The number of nitrogens with one attached hydrogen (secondary N) is 2. The number of piperazine rings is 2. The molecule has 15 heteroatoms. The third-order valence-electron chi connectivity index (χ3n) is 12.7. The number of piperidine rings is 1. The van der Waals surface area contributed by atoms with Crippen molar-refractivity contribution in [1.82, 2.24) is 40.0 Å². The van der Waals surface area contributed by atoms with E-state index in [-0.39, 0.29) is 28.9 Å². The number of hydrogen-bond donors (Lipinski definition) is 2. The molecular weight excluding hydrogens is 768 g/mol. The number of carbonyl (C=O) groups excluding carboxylic acids is 4. The molecule has 1 aromatic heterocycles. The number of aromatic amines is 1. The predicted octanol–water partition coefficient (Wildman–Crippen LogP) is 4.27. The zero-order valence-corrected chi connectivity index (χ0v) is 35.4. The predicted molar refractivity (Wildman–Crippen MR) is 226 cm³/mol. The Balaban J connectivity index is 0.828. The van der Waals surface area contributed by atoms with E-state index >= 15 is 4.39 Å². The fourth-order valence-electron chi connectivity index (χ4n) is 9.29. The van der Waals surface area contributed by atoms with Gasteiger partial charge >= 0.3 is 6.09 Å². The van der Waals surface area contributed by atoms with Gasteiger partial charge in [-0.25, -0.2) is 14.3 Å². The van der Waals surface area contributed by atoms with Crippen molar-refractivity contribution in [3.8, 4) is 0 Å². The number of rotatable bonds is 10. The van der Waals surface area contributed by atoms with Crippen molar-refractivity contribution in [1.29, 1.82) is 0 Å². The van der Waals surface area contributed by atoms with Gasteiger partial charge in [-0.3, -0.25) is 29.0 Å². The fraction of sp³-hybridized carbons (Fsp3) is 0.600. The summed E-state index contributed by atoms with van der Waals surface area (Å²) in [7, 11) is 0. The van der Waals surface area contributed by atoms with E-state index in [0.29, 0.717) is 80.2 Å². The summed E-state index contributed by atoms with van der Waals surface area (Å²) in [4.78, 5) is 75.7. The summed E-state index contributed by atoms with van der Waals surface area (Å²) in [5.74, 6) is -0.315. The summed E-state index contributed by atoms with van der Waals surface area (Å²) in [5, 5.41) is 10.9. The Morgan fingerprint density at radius 2 is 1.47 bits per heavy atom. The third kappa shape index (κ3) is 10.9. The molecule has 2 aromatic carbocycles. The number of carbonyl (C=O) groups is 4. The summed E-state index contributed by atoms with van der Waals surface area (Å²) in [6, 6.07) is 11.1. The molecule has 4 amide bonds. The number of halogens is 1. The molecule has 14 nitrogen and oxygen atoms in total. The molecule has 4 aliphatic rings. The normalized spacial score (nSPS) is 19.6. The van der Waals surface area contributed by atoms with E-state index < -0.39 is 29.5 Å². The molecule has 1 aliphatic carbocycles. The SMILES string of the molecule is CC(C)(C)OC(=O)NC(C(=O)N1CCN(CC2CCN(CC(=O)N3CCN(C(=O)c4cc(Cc5n[nH]c(=O)c6ccccc56)ccc4F)CC3)CC2)CC1)C1CCCCC1. The largest absolute Gasteiger partial charge is 0.444 e. The molecule has 1 atom stereocenters. The summed E-state index contributed by atoms with van der Waals surface area (Å²) >= 11 is 0. The molecule has 3 saturated heterocycles. The molecule has 0 spiro atoms. The van der Waals surface area contributed by atoms with E-state index in [9.17, 15) is 24.0 Å². The van der Waals surface area contributed by atoms with Crippen molar-refractivity contribution in [2.24, 2.45) is 11.8 Å². The molecule has 4 fully saturated rings. The molecule has 1 unspecified atom stereocenters. The van der Waals surface area contributed by atoms with Crippen LogP contribution in [0.3, 0.4) is 0 Å². The zero-order chi connectivity index (χ0) is 42.4. The number of fused-ring (bicyclic) bond motifs is 1. The van der Waals surface area contributed by atoms with Crippen LogP contribution in [-0.4, -0.2) is 149 Å². The van der Waals surface area contributed by atoms with Crippen molar-refractivity contribution < 1.29 is 28.3 Å². The van der Waals surface area contributed by atoms with Gasteiger partial charge in [0.15, 0.2) is 0 Å². The highest BCUT2D eigenvalue weighted by atomic mass is 19.1. The maximum Gasteiger partial charge on any atom is 0.408 e. The molecule has 3 aliphatic heterocycles. The van der Waals surface area contributed by atoms with Crippen LogP contribution in [0.5, 0.6) is 0 Å². The first-order valence-corrected chi connectivity index (χ1v) is 21.9. The number of aromatic nitrogens is 2. The van der Waals surface area contributed by atoms with E-state index in [1.165, 1.54) is 12.5 Å². The summed E-state index contributed by atoms with van der Waals surface area (Å²) in [6.45, 7) is 12.8. The Labute approximate surface area is 351 Å². The topological polar surface area (TPSA) is 151 Å². The number of alkyl carbamates (subject to hydrolysis) is 1. The molecule has 0 bridgehead atoms. The van der Waals surface area contributed by atoms with Gasteiger partial charge in [0.1, 0.15) is 17.5 Å². The lowest BCUT2D eigenvalue weighted by atomic mass is 9.83. The first-order chi connectivity index (χ1) is 28.8. The summed E-state index contributed by atoms with van der Waals surface area (Å²) in [5.41, 5.74) is 0.396. The third-order valence-corrected chi connectivity index (χ3v) is 12.7. The van der Waals surface area contributed by atoms with Crippen LogP contribution >= 0.6 is 0 Å². The molecule has 7 rings (SSSR count). The monoisotopic (exact) mass is 828 g/mol. The Kier molecular flexibility index (Phi) is 13.8. The van der Waals surface area contributed by atoms with Crippen LogP contribution in [0.2, 0.25) is 0 Å². The van der Waals surface area contributed by atoms with E-state index in [1.807, 2.05) is 37.8 Å². The van der Waals surface area contributed by atoms with Gasteiger partial charge in [0, 0.05) is 70.7 Å². The van der Waals surface area contributed by atoms with Crippen molar-refractivity contribution in [2.45, 2.75) is 83.8 Å². The van der Waals surface area contributed by atoms with Crippen LogP contribution in [-0.2, 0) is 20.7 Å². The Bertz CT molecular complexity index is 2060. The van der Waals surface area contributed by atoms with Gasteiger partial charge in [0.05, 0.1) is 23.2 Å². The maximum absolute atomic E-state index is 15.0. The van der Waals surface area contributed by atoms with Crippen molar-refractivity contribution in [3.05, 3.63) is 75.5 Å². The van der Waals surface area contributed by atoms with Gasteiger partial charge in [-0.15, -0.1) is 0 Å². The number of likely N-dealkylation sites (tertiary alicyclic amines) is 1. The number of hydrogen-bond acceptors (Lipinski definition) is 9. The Morgan fingerprint density at radius 3 is 2.15 bits per heavy atom. The first kappa shape index (κ1) is 43.2. The fourth-order valence-corrected chi connectivity index (χ4v) is 9.29. The lowest BCUT2D eigenvalue weighted by Gasteiger charge is -2.41. The lowest BCUT2D eigenvalue weighted by Crippen LogP contribution is -2.58. The number of benzene rings is 2. The van der Waals surface area contributed by atoms with Crippen LogP contribution in [0.4, 0.5) is 9.18 Å². The quantitative estimate of drug-likeness (QED) is 0.306. The molecule has 60 heavy (non-hydrogen) atoms. The number of ether oxygens (including phenoxy) is 1. The molecule has 1 saturated carbocycles. The minimum atomic E-state index is -0.633. The molecule has 324 valence electrons. The number of H-pyrrole nitrogens is 1. The number of amides is 4. The van der Waals surface area contributed by atoms with Crippen LogP contribution in [0.15, 0.2) is 47.3 Å². The minimum Gasteiger partial charge on any atom is -0.444 e. The lowest BCUT2D eigenvalue weighted by molar-refractivity contribution is -0.137. The highest BCUT2D eigenvalue weighted by molar-refractivity contribution is 5.95. The highest BCUT2D eigenvalue weighted by Gasteiger charge is 2.37. The molecule has 2 N–H and O–H groups in total. The first-order valence-electron chi connectivity index (χ1n) is 21.9. The van der Waals surface area contributed by atoms with E-state index in [2.05, 4.69) is 25.3 Å². The summed E-state index contributed by atoms with van der Waals surface area (Å²) in [6.07, 6.45) is 6.97. The number of nitrogens with zero attached hydrogens (tertiary/aromatic N) is 6. The van der Waals surface area contributed by atoms with E-state index in [0.717, 1.165) is 71.2 Å². The van der Waals surface area contributed by atoms with Crippen molar-refractivity contribution >= 4 is 34.6 Å². The Morgan fingerprint density at radius 1 is 0.817 bits per heavy atom. The van der Waals surface area contributed by atoms with Gasteiger partial charge in [-0.05, 0) is 95.1 Å². The van der Waals surface area contributed by atoms with Gasteiger partial charge in [-0.1, -0.05) is 43.5 Å². The average Bonchev–Trinajstić information content (AvgIpc) is 3.25. The van der Waals surface area contributed by atoms with E-state index in [4.69, 9.17) is 4.74 Å². The smallest absolute Gasteiger partial charge is 0.408 e. The maximum atomic E-state index is 15.0. The molecule has 4 heterocycles. The summed E-state index contributed by atoms with van der Waals surface area (Å²) < 4.78 is 20.6. The van der Waals surface area contributed by atoms with Gasteiger partial charge in [-0.2, -0.15) is 5.10 Å². The van der Waals surface area contributed by atoms with Crippen LogP contribution in [0.1, 0.15) is 87.3 Å². The second-order valence-corrected chi connectivity index (χ2v) is 18.1. The highest BCUT2D eigenvalue weighted by Crippen LogP contribution is 2.29. The average molecular weight is 829 g/mol. The van der Waals surface area contributed by atoms with Crippen molar-refractivity contribution in [3.63, 3.8) is 0 Å². The Hall–Kier alpha value is -4.89. The molecule has 0 radical (unpaired) electrons. The minimum absolute atomic E-state index is 0.00434.